The van der Waals surface area contributed by atoms with Crippen LogP contribution >= 0.6 is 0 Å². The minimum absolute atomic E-state index is 0.509. The van der Waals surface area contributed by atoms with E-state index in [0.717, 1.165) is 18.8 Å². The second-order valence-electron chi connectivity index (χ2n) is 7.57. The zero-order valence-electron chi connectivity index (χ0n) is 15.4. The summed E-state index contributed by atoms with van der Waals surface area (Å²) >= 11 is 0. The molecule has 3 nitrogen and oxygen atoms in total. The highest BCUT2D eigenvalue weighted by Gasteiger charge is 2.35. The van der Waals surface area contributed by atoms with Crippen molar-refractivity contribution in [1.29, 1.82) is 0 Å². The summed E-state index contributed by atoms with van der Waals surface area (Å²) in [6, 6.07) is 13.9. The van der Waals surface area contributed by atoms with Crippen LogP contribution in [-0.2, 0) is 0 Å². The summed E-state index contributed by atoms with van der Waals surface area (Å²) in [5, 5.41) is 7.33. The second kappa shape index (κ2) is 6.72. The number of fused-ring (bicyclic) bond motifs is 3. The first-order valence-electron chi connectivity index (χ1n) is 9.47. The van der Waals surface area contributed by atoms with Crippen LogP contribution < -0.4 is 15.4 Å². The van der Waals surface area contributed by atoms with Gasteiger partial charge in [0.1, 0.15) is 5.75 Å². The Balaban J connectivity index is 1.86. The minimum atomic E-state index is 0.509. The average molecular weight is 336 g/mol. The smallest absolute Gasteiger partial charge is 0.126 e. The third-order valence-corrected chi connectivity index (χ3v) is 5.75. The van der Waals surface area contributed by atoms with Crippen molar-refractivity contribution >= 4 is 5.69 Å². The van der Waals surface area contributed by atoms with Crippen LogP contribution in [0.1, 0.15) is 49.7 Å². The van der Waals surface area contributed by atoms with E-state index >= 15 is 0 Å². The summed E-state index contributed by atoms with van der Waals surface area (Å²) in [4.78, 5) is 0. The van der Waals surface area contributed by atoms with Crippen molar-refractivity contribution in [3.63, 3.8) is 0 Å². The Morgan fingerprint density at radius 3 is 2.68 bits per heavy atom. The number of hydrogen-bond acceptors (Lipinski definition) is 3. The molecule has 0 bridgehead atoms. The van der Waals surface area contributed by atoms with Gasteiger partial charge in [-0.2, -0.15) is 0 Å². The van der Waals surface area contributed by atoms with Gasteiger partial charge < -0.3 is 15.4 Å². The Kier molecular flexibility index (Phi) is 4.43. The lowest BCUT2D eigenvalue weighted by atomic mass is 9.85. The molecule has 2 aliphatic rings. The van der Waals surface area contributed by atoms with E-state index in [1.54, 1.807) is 7.11 Å². The number of nitrogens with one attached hydrogen (secondary N) is 2. The first kappa shape index (κ1) is 16.5. The van der Waals surface area contributed by atoms with Crippen molar-refractivity contribution in [2.45, 2.75) is 44.6 Å². The molecule has 2 aromatic rings. The van der Waals surface area contributed by atoms with Crippen molar-refractivity contribution in [2.24, 2.45) is 0 Å². The first-order chi connectivity index (χ1) is 12.2. The topological polar surface area (TPSA) is 33.3 Å². The number of anilines is 1. The zero-order chi connectivity index (χ0) is 17.4. The Bertz CT molecular complexity index is 769. The largest absolute Gasteiger partial charge is 0.496 e. The molecule has 0 radical (unpaired) electrons. The van der Waals surface area contributed by atoms with Gasteiger partial charge in [-0.25, -0.2) is 0 Å². The predicted molar refractivity (Wildman–Crippen MR) is 105 cm³/mol. The van der Waals surface area contributed by atoms with E-state index in [9.17, 15) is 0 Å². The van der Waals surface area contributed by atoms with Crippen LogP contribution in [0.4, 0.5) is 5.69 Å². The molecule has 3 heteroatoms. The maximum Gasteiger partial charge on any atom is 0.126 e. The average Bonchev–Trinajstić information content (AvgIpc) is 2.82. The molecule has 0 unspecified atom stereocenters. The van der Waals surface area contributed by atoms with E-state index in [2.05, 4.69) is 60.9 Å². The number of hydrogen-bond donors (Lipinski definition) is 2. The van der Waals surface area contributed by atoms with Gasteiger partial charge in [-0.1, -0.05) is 32.0 Å². The zero-order valence-corrected chi connectivity index (χ0v) is 15.4. The van der Waals surface area contributed by atoms with Gasteiger partial charge in [0.2, 0.25) is 0 Å². The van der Waals surface area contributed by atoms with Crippen LogP contribution in [0.25, 0.3) is 11.1 Å². The fourth-order valence-electron chi connectivity index (χ4n) is 4.38. The fourth-order valence-corrected chi connectivity index (χ4v) is 4.38. The van der Waals surface area contributed by atoms with E-state index in [4.69, 9.17) is 4.74 Å². The normalized spacial score (nSPS) is 22.1. The molecule has 2 aromatic carbocycles. The van der Waals surface area contributed by atoms with Gasteiger partial charge in [0.15, 0.2) is 0 Å². The van der Waals surface area contributed by atoms with Gasteiger partial charge in [0, 0.05) is 23.2 Å². The third kappa shape index (κ3) is 2.91. The first-order valence-corrected chi connectivity index (χ1v) is 9.47. The molecule has 2 N–H and O–H groups in total. The van der Waals surface area contributed by atoms with E-state index in [1.165, 1.54) is 40.8 Å². The molecular formula is C22H28N2O. The van der Waals surface area contributed by atoms with Crippen molar-refractivity contribution < 1.29 is 4.74 Å². The molecule has 2 heterocycles. The molecule has 25 heavy (non-hydrogen) atoms. The summed E-state index contributed by atoms with van der Waals surface area (Å²) in [7, 11) is 1.77. The third-order valence-electron chi connectivity index (χ3n) is 5.75. The molecule has 4 rings (SSSR count). The maximum atomic E-state index is 5.72. The minimum Gasteiger partial charge on any atom is -0.496 e. The number of benzene rings is 2. The molecule has 1 saturated heterocycles. The van der Waals surface area contributed by atoms with Gasteiger partial charge in [-0.05, 0) is 66.7 Å². The van der Waals surface area contributed by atoms with Crippen LogP contribution in [-0.4, -0.2) is 26.2 Å². The van der Waals surface area contributed by atoms with Gasteiger partial charge >= 0.3 is 0 Å². The van der Waals surface area contributed by atoms with Crippen LogP contribution in [0.3, 0.4) is 0 Å². The molecule has 0 aliphatic carbocycles. The lowest BCUT2D eigenvalue weighted by molar-refractivity contribution is 0.416. The highest BCUT2D eigenvalue weighted by molar-refractivity contribution is 5.81. The summed E-state index contributed by atoms with van der Waals surface area (Å²) in [5.74, 6) is 2.05. The molecule has 0 aromatic heterocycles. The molecule has 1 fully saturated rings. The standard InChI is InChI=1S/C22H28N2O/c1-14(2)15-7-8-21(25-3)18(13-15)16-5-4-6-20-22(16)17-9-11-23-12-10-19(17)24-20/h4-8,13-14,17,19,23-24H,9-12H2,1-3H3/t17-,19+/m1/s1. The SMILES string of the molecule is COc1ccc(C(C)C)cc1-c1cccc2c1[C@@H]1CCNCC[C@@H]1N2. The molecule has 0 saturated carbocycles. The Morgan fingerprint density at radius 1 is 1.04 bits per heavy atom. The van der Waals surface area contributed by atoms with Crippen LogP contribution in [0.2, 0.25) is 0 Å². The Labute approximate surface area is 150 Å². The number of methoxy groups -OCH3 is 1. The van der Waals surface area contributed by atoms with E-state index in [-0.39, 0.29) is 0 Å². The monoisotopic (exact) mass is 336 g/mol. The summed E-state index contributed by atoms with van der Waals surface area (Å²) < 4.78 is 5.72. The summed E-state index contributed by atoms with van der Waals surface area (Å²) in [6.07, 6.45) is 2.37. The summed E-state index contributed by atoms with van der Waals surface area (Å²) in [6.45, 7) is 6.69. The molecule has 0 spiro atoms. The highest BCUT2D eigenvalue weighted by atomic mass is 16.5. The number of rotatable bonds is 3. The quantitative estimate of drug-likeness (QED) is 0.849. The van der Waals surface area contributed by atoms with E-state index in [1.807, 2.05) is 0 Å². The van der Waals surface area contributed by atoms with Gasteiger partial charge in [-0.3, -0.25) is 0 Å². The van der Waals surface area contributed by atoms with Crippen molar-refractivity contribution in [1.82, 2.24) is 5.32 Å². The van der Waals surface area contributed by atoms with Gasteiger partial charge in [-0.15, -0.1) is 0 Å². The fraction of sp³-hybridized carbons (Fsp3) is 0.455. The summed E-state index contributed by atoms with van der Waals surface area (Å²) in [5.41, 5.74) is 6.71. The molecular weight excluding hydrogens is 308 g/mol. The van der Waals surface area contributed by atoms with Crippen molar-refractivity contribution in [3.8, 4) is 16.9 Å². The molecule has 132 valence electrons. The molecule has 2 atom stereocenters. The van der Waals surface area contributed by atoms with Gasteiger partial charge in [0.25, 0.3) is 0 Å². The van der Waals surface area contributed by atoms with Crippen molar-refractivity contribution in [3.05, 3.63) is 47.5 Å². The highest BCUT2D eigenvalue weighted by Crippen LogP contribution is 2.47. The van der Waals surface area contributed by atoms with E-state index < -0.39 is 0 Å². The Hall–Kier alpha value is -2.00. The predicted octanol–water partition coefficient (Wildman–Crippen LogP) is 4.75. The molecule has 0 amide bonds. The van der Waals surface area contributed by atoms with Crippen LogP contribution in [0.15, 0.2) is 36.4 Å². The van der Waals surface area contributed by atoms with Crippen molar-refractivity contribution in [2.75, 3.05) is 25.5 Å². The second-order valence-corrected chi connectivity index (χ2v) is 7.57. The maximum absolute atomic E-state index is 5.72. The van der Waals surface area contributed by atoms with Gasteiger partial charge in [0.05, 0.1) is 7.11 Å². The van der Waals surface area contributed by atoms with E-state index in [0.29, 0.717) is 17.9 Å². The Morgan fingerprint density at radius 2 is 1.88 bits per heavy atom. The number of ether oxygens (including phenoxy) is 1. The van der Waals surface area contributed by atoms with Crippen LogP contribution in [0.5, 0.6) is 5.75 Å². The molecule has 2 aliphatic heterocycles. The lowest BCUT2D eigenvalue weighted by Gasteiger charge is -2.20. The van der Waals surface area contributed by atoms with Crippen LogP contribution in [0, 0.1) is 0 Å². The lowest BCUT2D eigenvalue weighted by Crippen LogP contribution is -2.21.